The Morgan fingerprint density at radius 2 is 1.88 bits per heavy atom. The maximum absolute atomic E-state index is 13.2. The zero-order valence-electron chi connectivity index (χ0n) is 15.8. The van der Waals surface area contributed by atoms with Gasteiger partial charge in [0.15, 0.2) is 0 Å². The van der Waals surface area contributed by atoms with Crippen molar-refractivity contribution < 1.29 is 9.53 Å². The van der Waals surface area contributed by atoms with Crippen LogP contribution in [0.2, 0.25) is 0 Å². The number of ether oxygens (including phenoxy) is 1. The van der Waals surface area contributed by atoms with Gasteiger partial charge in [0.2, 0.25) is 0 Å². The fourth-order valence-corrected chi connectivity index (χ4v) is 4.81. The molecule has 138 valence electrons. The van der Waals surface area contributed by atoms with Gasteiger partial charge in [-0.05, 0) is 50.9 Å². The fourth-order valence-electron chi connectivity index (χ4n) is 4.81. The number of aromatic nitrogens is 1. The lowest BCUT2D eigenvalue weighted by molar-refractivity contribution is -0.0209. The molecule has 2 fully saturated rings. The summed E-state index contributed by atoms with van der Waals surface area (Å²) in [7, 11) is 6.05. The number of para-hydroxylation sites is 1. The summed E-state index contributed by atoms with van der Waals surface area (Å²) in [4.78, 5) is 21.9. The van der Waals surface area contributed by atoms with Crippen LogP contribution in [0.1, 0.15) is 23.2 Å². The van der Waals surface area contributed by atoms with E-state index >= 15 is 0 Å². The Hall–Kier alpha value is -1.98. The third-order valence-corrected chi connectivity index (χ3v) is 6.22. The van der Waals surface area contributed by atoms with Gasteiger partial charge in [-0.1, -0.05) is 18.2 Å². The van der Waals surface area contributed by atoms with Gasteiger partial charge in [-0.25, -0.2) is 0 Å². The van der Waals surface area contributed by atoms with Crippen LogP contribution in [0.5, 0.6) is 0 Å². The molecule has 4 atom stereocenters. The average Bonchev–Trinajstić information content (AvgIpc) is 3.08. The molecule has 0 bridgehead atoms. The molecule has 2 aliphatic rings. The van der Waals surface area contributed by atoms with E-state index in [-0.39, 0.29) is 12.0 Å². The standard InChI is InChI=1S/C21H27N3O2/c1-23(2)19-10-14-12-24(13-15(14)11-20(19)26-3)21(25)17-8-9-22-18-7-5-4-6-16(17)18/h4-9,14-15,19-20H,10-13H2,1-3H3/t14-,15+,19-,20-/m1/s1. The molecule has 1 aromatic heterocycles. The highest BCUT2D eigenvalue weighted by atomic mass is 16.5. The van der Waals surface area contributed by atoms with Gasteiger partial charge in [0, 0.05) is 37.8 Å². The molecule has 2 aromatic rings. The number of likely N-dealkylation sites (tertiary alicyclic amines) is 1. The lowest BCUT2D eigenvalue weighted by Crippen LogP contribution is -2.47. The second-order valence-corrected chi connectivity index (χ2v) is 7.88. The van der Waals surface area contributed by atoms with Crippen molar-refractivity contribution in [1.29, 1.82) is 0 Å². The lowest BCUT2D eigenvalue weighted by atomic mass is 9.77. The first-order valence-electron chi connectivity index (χ1n) is 9.40. The monoisotopic (exact) mass is 353 g/mol. The number of fused-ring (bicyclic) bond motifs is 2. The number of amides is 1. The molecule has 1 aliphatic carbocycles. The summed E-state index contributed by atoms with van der Waals surface area (Å²) in [6.07, 6.45) is 4.12. The summed E-state index contributed by atoms with van der Waals surface area (Å²) in [6, 6.07) is 10.2. The van der Waals surface area contributed by atoms with Gasteiger partial charge in [-0.15, -0.1) is 0 Å². The van der Waals surface area contributed by atoms with Crippen molar-refractivity contribution in [2.24, 2.45) is 11.8 Å². The minimum absolute atomic E-state index is 0.133. The fraction of sp³-hybridized carbons (Fsp3) is 0.524. The number of methoxy groups -OCH3 is 1. The summed E-state index contributed by atoms with van der Waals surface area (Å²) in [5.41, 5.74) is 1.64. The van der Waals surface area contributed by atoms with E-state index in [9.17, 15) is 4.79 Å². The highest BCUT2D eigenvalue weighted by Crippen LogP contribution is 2.39. The Morgan fingerprint density at radius 1 is 1.15 bits per heavy atom. The Labute approximate surface area is 154 Å². The molecular weight excluding hydrogens is 326 g/mol. The summed E-state index contributed by atoms with van der Waals surface area (Å²) in [6.45, 7) is 1.68. The van der Waals surface area contributed by atoms with Crippen molar-refractivity contribution >= 4 is 16.8 Å². The summed E-state index contributed by atoms with van der Waals surface area (Å²) >= 11 is 0. The van der Waals surface area contributed by atoms with Gasteiger partial charge in [0.25, 0.3) is 5.91 Å². The smallest absolute Gasteiger partial charge is 0.254 e. The number of nitrogens with zero attached hydrogens (tertiary/aromatic N) is 3. The van der Waals surface area contributed by atoms with Gasteiger partial charge in [-0.3, -0.25) is 9.78 Å². The first-order chi connectivity index (χ1) is 12.6. The predicted molar refractivity (Wildman–Crippen MR) is 102 cm³/mol. The maximum atomic E-state index is 13.2. The van der Waals surface area contributed by atoms with Crippen LogP contribution in [-0.2, 0) is 4.74 Å². The van der Waals surface area contributed by atoms with Gasteiger partial charge >= 0.3 is 0 Å². The zero-order valence-corrected chi connectivity index (χ0v) is 15.8. The van der Waals surface area contributed by atoms with Crippen LogP contribution in [0.4, 0.5) is 0 Å². The normalized spacial score (nSPS) is 28.5. The van der Waals surface area contributed by atoms with Gasteiger partial charge in [0.1, 0.15) is 0 Å². The SMILES string of the molecule is CO[C@@H]1C[C@H]2CN(C(=O)c3ccnc4ccccc34)C[C@H]2C[C@H]1N(C)C. The molecule has 0 radical (unpaired) electrons. The Balaban J connectivity index is 1.56. The van der Waals surface area contributed by atoms with Gasteiger partial charge in [-0.2, -0.15) is 0 Å². The van der Waals surface area contributed by atoms with E-state index in [0.717, 1.165) is 42.4 Å². The molecule has 1 saturated carbocycles. The van der Waals surface area contributed by atoms with Crippen LogP contribution in [0.15, 0.2) is 36.5 Å². The quantitative estimate of drug-likeness (QED) is 0.851. The minimum Gasteiger partial charge on any atom is -0.380 e. The third-order valence-electron chi connectivity index (χ3n) is 6.22. The van der Waals surface area contributed by atoms with E-state index in [4.69, 9.17) is 4.74 Å². The second kappa shape index (κ2) is 6.97. The van der Waals surface area contributed by atoms with Crippen LogP contribution in [0, 0.1) is 11.8 Å². The molecule has 0 spiro atoms. The molecule has 1 amide bonds. The molecular formula is C21H27N3O2. The van der Waals surface area contributed by atoms with E-state index in [1.807, 2.05) is 42.3 Å². The van der Waals surface area contributed by atoms with Gasteiger partial charge in [0.05, 0.1) is 17.2 Å². The molecule has 5 nitrogen and oxygen atoms in total. The van der Waals surface area contributed by atoms with E-state index < -0.39 is 0 Å². The number of carbonyl (C=O) groups excluding carboxylic acids is 1. The molecule has 1 aliphatic heterocycles. The van der Waals surface area contributed by atoms with Gasteiger partial charge < -0.3 is 14.5 Å². The van der Waals surface area contributed by atoms with E-state index in [2.05, 4.69) is 24.0 Å². The molecule has 4 rings (SSSR count). The zero-order chi connectivity index (χ0) is 18.3. The molecule has 1 saturated heterocycles. The van der Waals surface area contributed by atoms with Crippen LogP contribution in [0.3, 0.4) is 0 Å². The topological polar surface area (TPSA) is 45.7 Å². The largest absolute Gasteiger partial charge is 0.380 e. The molecule has 0 unspecified atom stereocenters. The summed E-state index contributed by atoms with van der Waals surface area (Å²) < 4.78 is 5.76. The number of hydrogen-bond donors (Lipinski definition) is 0. The summed E-state index contributed by atoms with van der Waals surface area (Å²) in [5, 5.41) is 0.941. The highest BCUT2D eigenvalue weighted by Gasteiger charge is 2.44. The minimum atomic E-state index is 0.133. The number of hydrogen-bond acceptors (Lipinski definition) is 4. The van der Waals surface area contributed by atoms with Crippen molar-refractivity contribution in [3.05, 3.63) is 42.1 Å². The molecule has 26 heavy (non-hydrogen) atoms. The summed E-state index contributed by atoms with van der Waals surface area (Å²) in [5.74, 6) is 1.23. The first-order valence-corrected chi connectivity index (χ1v) is 9.40. The van der Waals surface area contributed by atoms with Crippen LogP contribution in [0.25, 0.3) is 10.9 Å². The lowest BCUT2D eigenvalue weighted by Gasteiger charge is -2.40. The van der Waals surface area contributed by atoms with Crippen LogP contribution in [-0.4, -0.2) is 67.1 Å². The number of rotatable bonds is 3. The number of pyridine rings is 1. The highest BCUT2D eigenvalue weighted by molar-refractivity contribution is 6.06. The van der Waals surface area contributed by atoms with E-state index in [1.165, 1.54) is 0 Å². The van der Waals surface area contributed by atoms with E-state index in [1.54, 1.807) is 6.20 Å². The van der Waals surface area contributed by atoms with Crippen molar-refractivity contribution in [2.75, 3.05) is 34.3 Å². The Kier molecular flexibility index (Phi) is 4.67. The van der Waals surface area contributed by atoms with E-state index in [0.29, 0.717) is 17.9 Å². The number of benzene rings is 1. The molecule has 2 heterocycles. The van der Waals surface area contributed by atoms with Crippen molar-refractivity contribution in [2.45, 2.75) is 25.0 Å². The second-order valence-electron chi connectivity index (χ2n) is 7.88. The predicted octanol–water partition coefficient (Wildman–Crippen LogP) is 2.66. The Morgan fingerprint density at radius 3 is 2.62 bits per heavy atom. The molecule has 5 heteroatoms. The average molecular weight is 353 g/mol. The maximum Gasteiger partial charge on any atom is 0.254 e. The number of carbonyl (C=O) groups is 1. The Bertz CT molecular complexity index is 801. The van der Waals surface area contributed by atoms with Crippen LogP contribution >= 0.6 is 0 Å². The third kappa shape index (κ3) is 2.99. The molecule has 0 N–H and O–H groups in total. The molecule has 1 aromatic carbocycles. The van der Waals surface area contributed by atoms with Crippen molar-refractivity contribution in [3.63, 3.8) is 0 Å². The van der Waals surface area contributed by atoms with Crippen molar-refractivity contribution in [1.82, 2.24) is 14.8 Å². The van der Waals surface area contributed by atoms with Crippen molar-refractivity contribution in [3.8, 4) is 0 Å². The number of likely N-dealkylation sites (N-methyl/N-ethyl adjacent to an activating group) is 1. The van der Waals surface area contributed by atoms with Crippen LogP contribution < -0.4 is 0 Å². The first kappa shape index (κ1) is 17.4.